The Kier molecular flexibility index (Phi) is 4.48. The van der Waals surface area contributed by atoms with E-state index in [4.69, 9.17) is 4.98 Å². The summed E-state index contributed by atoms with van der Waals surface area (Å²) in [7, 11) is 0. The van der Waals surface area contributed by atoms with Crippen molar-refractivity contribution in [3.8, 4) is 0 Å². The third-order valence-electron chi connectivity index (χ3n) is 5.50. The highest BCUT2D eigenvalue weighted by Gasteiger charge is 2.27. The summed E-state index contributed by atoms with van der Waals surface area (Å²) in [5.41, 5.74) is 0.704. The minimum atomic E-state index is -0.342. The van der Waals surface area contributed by atoms with Crippen LogP contribution in [0.15, 0.2) is 29.1 Å². The van der Waals surface area contributed by atoms with Crippen molar-refractivity contribution in [3.05, 3.63) is 40.6 Å². The van der Waals surface area contributed by atoms with Gasteiger partial charge < -0.3 is 4.90 Å². The number of aromatic nitrogens is 4. The van der Waals surface area contributed by atoms with Crippen LogP contribution in [0.1, 0.15) is 52.8 Å². The molecule has 0 aliphatic carbocycles. The smallest absolute Gasteiger partial charge is 0.338 e. The molecule has 1 aliphatic rings. The quantitative estimate of drug-likeness (QED) is 0.684. The highest BCUT2D eigenvalue weighted by molar-refractivity contribution is 5.91. The van der Waals surface area contributed by atoms with Gasteiger partial charge in [0.25, 0.3) is 0 Å². The number of benzene rings is 1. The predicted octanol–water partition coefficient (Wildman–Crippen LogP) is 2.74. The maximum atomic E-state index is 13.2. The van der Waals surface area contributed by atoms with Crippen molar-refractivity contribution in [2.45, 2.75) is 65.0 Å². The molecule has 0 N–H and O–H groups in total. The van der Waals surface area contributed by atoms with Crippen LogP contribution >= 0.6 is 0 Å². The number of hydrogen-bond donors (Lipinski definition) is 0. The van der Waals surface area contributed by atoms with E-state index in [1.54, 1.807) is 4.40 Å². The molecule has 3 aromatic rings. The summed E-state index contributed by atoms with van der Waals surface area (Å²) in [6.07, 6.45) is 3.17. The van der Waals surface area contributed by atoms with E-state index in [9.17, 15) is 9.59 Å². The van der Waals surface area contributed by atoms with Crippen molar-refractivity contribution < 1.29 is 4.79 Å². The third-order valence-corrected chi connectivity index (χ3v) is 5.50. The molecule has 1 fully saturated rings. The van der Waals surface area contributed by atoms with Crippen molar-refractivity contribution in [1.29, 1.82) is 0 Å². The number of piperidine rings is 1. The molecule has 1 amide bonds. The second-order valence-electron chi connectivity index (χ2n) is 8.73. The van der Waals surface area contributed by atoms with Crippen molar-refractivity contribution in [2.24, 2.45) is 0 Å². The van der Waals surface area contributed by atoms with E-state index in [1.165, 1.54) is 4.68 Å². The zero-order chi connectivity index (χ0) is 20.1. The highest BCUT2D eigenvalue weighted by Crippen LogP contribution is 2.25. The monoisotopic (exact) mass is 381 g/mol. The first-order valence-corrected chi connectivity index (χ1v) is 9.95. The molecular weight excluding hydrogens is 354 g/mol. The first-order valence-electron chi connectivity index (χ1n) is 9.95. The Bertz CT molecular complexity index is 1110. The van der Waals surface area contributed by atoms with Crippen molar-refractivity contribution in [1.82, 2.24) is 24.1 Å². The maximum Gasteiger partial charge on any atom is 0.352 e. The number of amides is 1. The SMILES string of the molecule is CC1CCCCN1C(=O)Cn1nc2c3ccccc3nc(C(C)(C)C)n2c1=O. The minimum Gasteiger partial charge on any atom is -0.338 e. The number of para-hydroxylation sites is 1. The van der Waals surface area contributed by atoms with Gasteiger partial charge in [-0.05, 0) is 38.3 Å². The normalized spacial score (nSPS) is 18.1. The number of fused-ring (bicyclic) bond motifs is 3. The second kappa shape index (κ2) is 6.72. The van der Waals surface area contributed by atoms with Gasteiger partial charge in [0.1, 0.15) is 12.4 Å². The molecule has 1 aromatic carbocycles. The maximum absolute atomic E-state index is 13.2. The predicted molar refractivity (Wildman–Crippen MR) is 108 cm³/mol. The van der Waals surface area contributed by atoms with Crippen LogP contribution in [-0.4, -0.2) is 42.6 Å². The fourth-order valence-electron chi connectivity index (χ4n) is 3.99. The molecule has 148 valence electrons. The van der Waals surface area contributed by atoms with Crippen LogP contribution in [0.3, 0.4) is 0 Å². The van der Waals surface area contributed by atoms with Gasteiger partial charge in [-0.15, -0.1) is 5.10 Å². The highest BCUT2D eigenvalue weighted by atomic mass is 16.2. The largest absolute Gasteiger partial charge is 0.352 e. The Balaban J connectivity index is 1.85. The van der Waals surface area contributed by atoms with Crippen LogP contribution in [0.5, 0.6) is 0 Å². The van der Waals surface area contributed by atoms with Gasteiger partial charge in [-0.25, -0.2) is 18.9 Å². The number of carbonyl (C=O) groups excluding carboxylic acids is 1. The average Bonchev–Trinajstić information content (AvgIpc) is 2.97. The van der Waals surface area contributed by atoms with Gasteiger partial charge >= 0.3 is 5.69 Å². The van der Waals surface area contributed by atoms with Gasteiger partial charge in [0, 0.05) is 23.4 Å². The lowest BCUT2D eigenvalue weighted by atomic mass is 9.95. The number of hydrogen-bond acceptors (Lipinski definition) is 4. The molecular formula is C21H27N5O2. The van der Waals surface area contributed by atoms with E-state index in [0.717, 1.165) is 36.7 Å². The molecule has 4 rings (SSSR count). The molecule has 0 spiro atoms. The van der Waals surface area contributed by atoms with Crippen LogP contribution < -0.4 is 5.69 Å². The van der Waals surface area contributed by atoms with E-state index in [0.29, 0.717) is 11.5 Å². The van der Waals surface area contributed by atoms with E-state index >= 15 is 0 Å². The molecule has 0 saturated carbocycles. The van der Waals surface area contributed by atoms with Crippen molar-refractivity contribution >= 4 is 22.5 Å². The molecule has 1 aliphatic heterocycles. The van der Waals surface area contributed by atoms with Gasteiger partial charge in [0.05, 0.1) is 5.52 Å². The summed E-state index contributed by atoms with van der Waals surface area (Å²) in [4.78, 5) is 32.7. The summed E-state index contributed by atoms with van der Waals surface area (Å²) in [6.45, 7) is 8.84. The molecule has 7 nitrogen and oxygen atoms in total. The lowest BCUT2D eigenvalue weighted by Crippen LogP contribution is -2.44. The molecule has 0 bridgehead atoms. The Morgan fingerprint density at radius 2 is 1.96 bits per heavy atom. The van der Waals surface area contributed by atoms with Crippen LogP contribution in [0, 0.1) is 0 Å². The first-order chi connectivity index (χ1) is 13.3. The second-order valence-corrected chi connectivity index (χ2v) is 8.73. The molecule has 7 heteroatoms. The van der Waals surface area contributed by atoms with Crippen LogP contribution in [0.4, 0.5) is 0 Å². The van der Waals surface area contributed by atoms with Gasteiger partial charge in [-0.3, -0.25) is 4.79 Å². The van der Waals surface area contributed by atoms with Crippen LogP contribution in [0.25, 0.3) is 16.6 Å². The summed E-state index contributed by atoms with van der Waals surface area (Å²) in [5, 5.41) is 5.36. The molecule has 1 unspecified atom stereocenters. The minimum absolute atomic E-state index is 0.0389. The standard InChI is InChI=1S/C21H27N5O2/c1-14-9-7-8-12-24(14)17(27)13-25-20(28)26-18(23-25)15-10-5-6-11-16(15)22-19(26)21(2,3)4/h5-6,10-11,14H,7-9,12-13H2,1-4H3. The van der Waals surface area contributed by atoms with Crippen molar-refractivity contribution in [2.75, 3.05) is 6.54 Å². The van der Waals surface area contributed by atoms with E-state index in [2.05, 4.69) is 12.0 Å². The molecule has 1 saturated heterocycles. The summed E-state index contributed by atoms with van der Waals surface area (Å²) >= 11 is 0. The molecule has 28 heavy (non-hydrogen) atoms. The van der Waals surface area contributed by atoms with E-state index in [1.807, 2.05) is 49.9 Å². The van der Waals surface area contributed by atoms with Crippen LogP contribution in [0.2, 0.25) is 0 Å². The van der Waals surface area contributed by atoms with Crippen molar-refractivity contribution in [3.63, 3.8) is 0 Å². The number of nitrogens with zero attached hydrogens (tertiary/aromatic N) is 5. The van der Waals surface area contributed by atoms with Gasteiger partial charge in [-0.2, -0.15) is 0 Å². The Morgan fingerprint density at radius 3 is 2.68 bits per heavy atom. The summed E-state index contributed by atoms with van der Waals surface area (Å²) < 4.78 is 2.86. The van der Waals surface area contributed by atoms with Gasteiger partial charge in [0.2, 0.25) is 5.91 Å². The topological polar surface area (TPSA) is 72.5 Å². The number of carbonyl (C=O) groups is 1. The molecule has 2 aromatic heterocycles. The molecule has 1 atom stereocenters. The third kappa shape index (κ3) is 3.08. The summed E-state index contributed by atoms with van der Waals surface area (Å²) in [6, 6.07) is 7.88. The van der Waals surface area contributed by atoms with Gasteiger partial charge in [0.15, 0.2) is 5.65 Å². The average molecular weight is 381 g/mol. The molecule has 0 radical (unpaired) electrons. The fourth-order valence-corrected chi connectivity index (χ4v) is 3.99. The first kappa shape index (κ1) is 18.7. The fraction of sp³-hybridized carbons (Fsp3) is 0.524. The zero-order valence-electron chi connectivity index (χ0n) is 17.0. The Morgan fingerprint density at radius 1 is 1.21 bits per heavy atom. The zero-order valence-corrected chi connectivity index (χ0v) is 17.0. The lowest BCUT2D eigenvalue weighted by molar-refractivity contribution is -0.135. The van der Waals surface area contributed by atoms with Gasteiger partial charge in [-0.1, -0.05) is 32.9 Å². The number of rotatable bonds is 2. The van der Waals surface area contributed by atoms with E-state index in [-0.39, 0.29) is 29.6 Å². The van der Waals surface area contributed by atoms with E-state index < -0.39 is 0 Å². The molecule has 3 heterocycles. The number of likely N-dealkylation sites (tertiary alicyclic amines) is 1. The Labute approximate surface area is 164 Å². The lowest BCUT2D eigenvalue weighted by Gasteiger charge is -2.33. The summed E-state index contributed by atoms with van der Waals surface area (Å²) in [5.74, 6) is 0.600. The Hall–Kier alpha value is -2.70. The van der Waals surface area contributed by atoms with Crippen LogP contribution in [-0.2, 0) is 16.8 Å².